The van der Waals surface area contributed by atoms with Crippen molar-refractivity contribution in [3.63, 3.8) is 0 Å². The molecule has 0 radical (unpaired) electrons. The van der Waals surface area contributed by atoms with Gasteiger partial charge in [-0.1, -0.05) is 206 Å². The largest absolute Gasteiger partial charge is 0.306 e. The Labute approximate surface area is 268 Å². The zero-order valence-electron chi connectivity index (χ0n) is 30.1. The van der Waals surface area contributed by atoms with Gasteiger partial charge in [0.1, 0.15) is 0 Å². The molecule has 0 bridgehead atoms. The second kappa shape index (κ2) is 38.7. The Bertz CT molecular complexity index is 483. The molecule has 0 aliphatic heterocycles. The molecule has 0 N–H and O–H groups in total. The molecule has 0 aliphatic rings. The van der Waals surface area contributed by atoms with Gasteiger partial charge in [0, 0.05) is 0 Å². The molecule has 0 aromatic carbocycles. The van der Waals surface area contributed by atoms with Gasteiger partial charge in [0.25, 0.3) is 0 Å². The topological polar surface area (TPSA) is 3.24 Å². The summed E-state index contributed by atoms with van der Waals surface area (Å²) in [6, 6.07) is 0. The first-order valence-electron chi connectivity index (χ1n) is 20.1. The highest BCUT2D eigenvalue weighted by Gasteiger charge is 2.00. The lowest BCUT2D eigenvalue weighted by Gasteiger charge is -2.16. The Kier molecular flexibility index (Phi) is 38.4. The van der Waals surface area contributed by atoms with E-state index in [9.17, 15) is 0 Å². The highest BCUT2D eigenvalue weighted by Crippen LogP contribution is 2.15. The molecular formula is C41H83N. The molecule has 0 unspecified atom stereocenters. The average molecular weight is 590 g/mol. The zero-order chi connectivity index (χ0) is 30.4. The van der Waals surface area contributed by atoms with Gasteiger partial charge in [-0.25, -0.2) is 0 Å². The molecule has 0 atom stereocenters. The van der Waals surface area contributed by atoms with Crippen LogP contribution in [0.3, 0.4) is 0 Å². The fourth-order valence-corrected chi connectivity index (χ4v) is 6.38. The fraction of sp³-hybridized carbons (Fsp3) is 0.951. The Morgan fingerprint density at radius 2 is 0.500 bits per heavy atom. The Hall–Kier alpha value is -0.300. The van der Waals surface area contributed by atoms with E-state index in [2.05, 4.69) is 37.9 Å². The molecule has 0 amide bonds. The number of rotatable bonds is 37. The van der Waals surface area contributed by atoms with Gasteiger partial charge in [-0.15, -0.1) is 0 Å². The van der Waals surface area contributed by atoms with Gasteiger partial charge in [0.2, 0.25) is 0 Å². The quantitative estimate of drug-likeness (QED) is 0.0514. The molecule has 252 valence electrons. The second-order valence-corrected chi connectivity index (χ2v) is 14.0. The number of nitrogens with zero attached hydrogens (tertiary/aromatic N) is 1. The summed E-state index contributed by atoms with van der Waals surface area (Å²) in [5.74, 6) is 0. The van der Waals surface area contributed by atoms with E-state index in [1.807, 2.05) is 0 Å². The summed E-state index contributed by atoms with van der Waals surface area (Å²) in [5, 5.41) is 0. The number of hydrogen-bond donors (Lipinski definition) is 0. The van der Waals surface area contributed by atoms with Crippen molar-refractivity contribution in [2.75, 3.05) is 20.1 Å². The normalized spacial score (nSPS) is 11.9. The summed E-state index contributed by atoms with van der Waals surface area (Å²) in [6.45, 7) is 7.22. The van der Waals surface area contributed by atoms with Crippen LogP contribution in [0.15, 0.2) is 12.2 Å². The summed E-state index contributed by atoms with van der Waals surface area (Å²) in [4.78, 5) is 2.59. The first-order chi connectivity index (χ1) is 20.8. The minimum atomic E-state index is 1.30. The summed E-state index contributed by atoms with van der Waals surface area (Å²) in [6.07, 6.45) is 53.9. The molecular weight excluding hydrogens is 506 g/mol. The third-order valence-electron chi connectivity index (χ3n) is 9.45. The van der Waals surface area contributed by atoms with Crippen LogP contribution in [0.4, 0.5) is 0 Å². The van der Waals surface area contributed by atoms with E-state index in [1.165, 1.54) is 231 Å². The number of allylic oxidation sites excluding steroid dienone is 2. The smallest absolute Gasteiger partial charge is 0.00218 e. The SMILES string of the molecule is CCCCCCCC/C=C\CCCCCCCCN(C)CCCCCCCCCCCCCCCCCCCCCC. The zero-order valence-corrected chi connectivity index (χ0v) is 30.1. The van der Waals surface area contributed by atoms with Gasteiger partial charge < -0.3 is 4.90 Å². The molecule has 0 aromatic heterocycles. The molecule has 0 saturated carbocycles. The van der Waals surface area contributed by atoms with Crippen LogP contribution in [-0.2, 0) is 0 Å². The summed E-state index contributed by atoms with van der Waals surface area (Å²) in [5.41, 5.74) is 0. The van der Waals surface area contributed by atoms with Gasteiger partial charge in [-0.2, -0.15) is 0 Å². The van der Waals surface area contributed by atoms with Crippen LogP contribution in [0.5, 0.6) is 0 Å². The Morgan fingerprint density at radius 3 is 0.762 bits per heavy atom. The van der Waals surface area contributed by atoms with E-state index >= 15 is 0 Å². The van der Waals surface area contributed by atoms with Crippen LogP contribution in [0.1, 0.15) is 232 Å². The molecule has 0 rings (SSSR count). The maximum Gasteiger partial charge on any atom is -0.00218 e. The van der Waals surface area contributed by atoms with E-state index in [0.29, 0.717) is 0 Å². The fourth-order valence-electron chi connectivity index (χ4n) is 6.38. The van der Waals surface area contributed by atoms with Gasteiger partial charge in [0.05, 0.1) is 0 Å². The van der Waals surface area contributed by atoms with E-state index in [0.717, 1.165) is 0 Å². The molecule has 0 aromatic rings. The van der Waals surface area contributed by atoms with Crippen molar-refractivity contribution in [3.8, 4) is 0 Å². The van der Waals surface area contributed by atoms with Crippen molar-refractivity contribution in [2.24, 2.45) is 0 Å². The average Bonchev–Trinajstić information content (AvgIpc) is 3.00. The standard InChI is InChI=1S/C41H83N/c1-4-6-8-10-12-14-16-18-20-22-23-24-25-27-29-31-33-35-37-39-41-42(3)40-38-36-34-32-30-28-26-21-19-17-15-13-11-9-7-5-2/h19,21H,4-18,20,22-41H2,1-3H3/b21-19-. The molecule has 0 heterocycles. The Morgan fingerprint density at radius 1 is 0.286 bits per heavy atom. The maximum absolute atomic E-state index is 2.59. The van der Waals surface area contributed by atoms with Gasteiger partial charge in [-0.3, -0.25) is 0 Å². The lowest BCUT2D eigenvalue weighted by molar-refractivity contribution is 0.314. The third kappa shape index (κ3) is 37.7. The van der Waals surface area contributed by atoms with Crippen molar-refractivity contribution in [1.82, 2.24) is 4.90 Å². The number of hydrogen-bond acceptors (Lipinski definition) is 1. The lowest BCUT2D eigenvalue weighted by Crippen LogP contribution is -2.20. The third-order valence-corrected chi connectivity index (χ3v) is 9.45. The van der Waals surface area contributed by atoms with Gasteiger partial charge >= 0.3 is 0 Å². The van der Waals surface area contributed by atoms with Crippen LogP contribution < -0.4 is 0 Å². The van der Waals surface area contributed by atoms with Crippen LogP contribution in [-0.4, -0.2) is 25.0 Å². The predicted molar refractivity (Wildman–Crippen MR) is 195 cm³/mol. The summed E-state index contributed by atoms with van der Waals surface area (Å²) in [7, 11) is 2.34. The van der Waals surface area contributed by atoms with Crippen molar-refractivity contribution >= 4 is 0 Å². The maximum atomic E-state index is 2.59. The van der Waals surface area contributed by atoms with Crippen molar-refractivity contribution in [3.05, 3.63) is 12.2 Å². The highest BCUT2D eigenvalue weighted by atomic mass is 15.1. The molecule has 0 spiro atoms. The molecule has 42 heavy (non-hydrogen) atoms. The van der Waals surface area contributed by atoms with Crippen LogP contribution in [0, 0.1) is 0 Å². The first kappa shape index (κ1) is 41.7. The van der Waals surface area contributed by atoms with E-state index in [-0.39, 0.29) is 0 Å². The van der Waals surface area contributed by atoms with Crippen molar-refractivity contribution in [1.29, 1.82) is 0 Å². The van der Waals surface area contributed by atoms with Crippen LogP contribution >= 0.6 is 0 Å². The van der Waals surface area contributed by atoms with E-state index < -0.39 is 0 Å². The summed E-state index contributed by atoms with van der Waals surface area (Å²) >= 11 is 0. The lowest BCUT2D eigenvalue weighted by atomic mass is 10.0. The van der Waals surface area contributed by atoms with Gasteiger partial charge in [0.15, 0.2) is 0 Å². The van der Waals surface area contributed by atoms with E-state index in [1.54, 1.807) is 0 Å². The number of unbranched alkanes of at least 4 members (excludes halogenated alkanes) is 31. The molecule has 1 heteroatoms. The molecule has 0 fully saturated rings. The first-order valence-corrected chi connectivity index (χ1v) is 20.1. The van der Waals surface area contributed by atoms with Gasteiger partial charge in [-0.05, 0) is 58.7 Å². The minimum Gasteiger partial charge on any atom is -0.306 e. The van der Waals surface area contributed by atoms with Crippen LogP contribution in [0.2, 0.25) is 0 Å². The molecule has 0 aliphatic carbocycles. The van der Waals surface area contributed by atoms with Crippen LogP contribution in [0.25, 0.3) is 0 Å². The second-order valence-electron chi connectivity index (χ2n) is 14.0. The Balaban J connectivity index is 3.17. The van der Waals surface area contributed by atoms with Crippen molar-refractivity contribution in [2.45, 2.75) is 232 Å². The monoisotopic (exact) mass is 590 g/mol. The van der Waals surface area contributed by atoms with Crippen molar-refractivity contribution < 1.29 is 0 Å². The molecule has 1 nitrogen and oxygen atoms in total. The summed E-state index contributed by atoms with van der Waals surface area (Å²) < 4.78 is 0. The highest BCUT2D eigenvalue weighted by molar-refractivity contribution is 4.81. The predicted octanol–water partition coefficient (Wildman–Crippen LogP) is 14.8. The van der Waals surface area contributed by atoms with E-state index in [4.69, 9.17) is 0 Å². The minimum absolute atomic E-state index is 1.30. The molecule has 0 saturated heterocycles.